The summed E-state index contributed by atoms with van der Waals surface area (Å²) in [5, 5.41) is 0. The Balaban J connectivity index is 1.94. The van der Waals surface area contributed by atoms with Gasteiger partial charge in [0.1, 0.15) is 17.7 Å². The number of halogens is 2. The zero-order valence-electron chi connectivity index (χ0n) is 8.47. The van der Waals surface area contributed by atoms with Crippen molar-refractivity contribution in [2.75, 3.05) is 0 Å². The van der Waals surface area contributed by atoms with E-state index in [0.29, 0.717) is 11.8 Å². The van der Waals surface area contributed by atoms with E-state index >= 15 is 0 Å². The molecule has 15 heavy (non-hydrogen) atoms. The molecule has 2 rings (SSSR count). The van der Waals surface area contributed by atoms with E-state index < -0.39 is 0 Å². The molecule has 1 aliphatic carbocycles. The summed E-state index contributed by atoms with van der Waals surface area (Å²) in [6.45, 7) is 1.87. The van der Waals surface area contributed by atoms with Crippen LogP contribution in [0.5, 0.6) is 5.75 Å². The Bertz CT molecular complexity index is 332. The molecule has 1 N–H and O–H groups in total. The zero-order chi connectivity index (χ0) is 10.8. The van der Waals surface area contributed by atoms with Crippen molar-refractivity contribution in [1.29, 1.82) is 0 Å². The molecule has 0 saturated heterocycles. The summed E-state index contributed by atoms with van der Waals surface area (Å²) < 4.78 is 21.9. The lowest BCUT2D eigenvalue weighted by Crippen LogP contribution is -2.43. The molecule has 1 aromatic rings. The van der Waals surface area contributed by atoms with E-state index in [1.807, 2.05) is 13.0 Å². The van der Waals surface area contributed by atoms with Gasteiger partial charge in [-0.3, -0.25) is 3.53 Å². The molecule has 0 amide bonds. The minimum Gasteiger partial charge on any atom is -0.490 e. The van der Waals surface area contributed by atoms with E-state index in [2.05, 4.69) is 26.4 Å². The van der Waals surface area contributed by atoms with Gasteiger partial charge in [0.25, 0.3) is 0 Å². The number of ether oxygens (including phenoxy) is 1. The van der Waals surface area contributed by atoms with Crippen LogP contribution >= 0.6 is 22.9 Å². The van der Waals surface area contributed by atoms with Crippen molar-refractivity contribution in [1.82, 2.24) is 3.53 Å². The Morgan fingerprint density at radius 1 is 1.40 bits per heavy atom. The van der Waals surface area contributed by atoms with Gasteiger partial charge in [-0.25, -0.2) is 4.39 Å². The summed E-state index contributed by atoms with van der Waals surface area (Å²) in [4.78, 5) is 0. The Morgan fingerprint density at radius 2 is 2.13 bits per heavy atom. The first kappa shape index (κ1) is 11.1. The molecule has 0 atom stereocenters. The number of nitrogens with one attached hydrogen (secondary N) is 1. The molecule has 0 radical (unpaired) electrons. The van der Waals surface area contributed by atoms with Crippen molar-refractivity contribution in [2.45, 2.75) is 31.9 Å². The van der Waals surface area contributed by atoms with E-state index in [-0.39, 0.29) is 11.9 Å². The average molecular weight is 321 g/mol. The standard InChI is InChI=1S/C11H13FINO/c1-7-2-8(12)4-10(3-7)15-11-5-9(6-11)14-13/h2-4,9,11,14H,5-6H2,1H3. The average Bonchev–Trinajstić information content (AvgIpc) is 2.08. The minimum atomic E-state index is -0.229. The minimum absolute atomic E-state index is 0.229. The first-order valence-corrected chi connectivity index (χ1v) is 6.05. The third-order valence-electron chi connectivity index (χ3n) is 2.57. The smallest absolute Gasteiger partial charge is 0.127 e. The fraction of sp³-hybridized carbons (Fsp3) is 0.455. The molecule has 1 aliphatic rings. The predicted octanol–water partition coefficient (Wildman–Crippen LogP) is 2.98. The lowest BCUT2D eigenvalue weighted by atomic mass is 9.90. The second-order valence-corrected chi connectivity index (χ2v) is 4.60. The number of hydrogen-bond acceptors (Lipinski definition) is 2. The van der Waals surface area contributed by atoms with Gasteiger partial charge in [0, 0.05) is 47.8 Å². The van der Waals surface area contributed by atoms with Crippen molar-refractivity contribution >= 4 is 22.9 Å². The van der Waals surface area contributed by atoms with Crippen molar-refractivity contribution in [3.05, 3.63) is 29.6 Å². The van der Waals surface area contributed by atoms with Crippen molar-refractivity contribution in [2.24, 2.45) is 0 Å². The van der Waals surface area contributed by atoms with E-state index in [0.717, 1.165) is 18.4 Å². The summed E-state index contributed by atoms with van der Waals surface area (Å²) in [5.74, 6) is 0.414. The molecule has 0 bridgehead atoms. The second-order valence-electron chi connectivity index (χ2n) is 3.98. The maximum absolute atomic E-state index is 13.0. The molecular formula is C11H13FINO. The maximum atomic E-state index is 13.0. The summed E-state index contributed by atoms with van der Waals surface area (Å²) >= 11 is 2.15. The van der Waals surface area contributed by atoms with Crippen LogP contribution in [-0.4, -0.2) is 12.1 Å². The van der Waals surface area contributed by atoms with Crippen LogP contribution < -0.4 is 8.27 Å². The number of rotatable bonds is 3. The lowest BCUT2D eigenvalue weighted by Gasteiger charge is -2.34. The SMILES string of the molecule is Cc1cc(F)cc(OC2CC(NI)C2)c1. The van der Waals surface area contributed by atoms with Crippen LogP contribution in [0.2, 0.25) is 0 Å². The van der Waals surface area contributed by atoms with E-state index in [9.17, 15) is 4.39 Å². The van der Waals surface area contributed by atoms with Crippen LogP contribution in [0.1, 0.15) is 18.4 Å². The molecule has 2 nitrogen and oxygen atoms in total. The quantitative estimate of drug-likeness (QED) is 0.683. The molecule has 0 unspecified atom stereocenters. The highest BCUT2D eigenvalue weighted by molar-refractivity contribution is 14.1. The second kappa shape index (κ2) is 4.65. The van der Waals surface area contributed by atoms with Gasteiger partial charge in [-0.15, -0.1) is 0 Å². The number of aryl methyl sites for hydroxylation is 1. The number of benzene rings is 1. The van der Waals surface area contributed by atoms with Gasteiger partial charge < -0.3 is 4.74 Å². The maximum Gasteiger partial charge on any atom is 0.127 e. The molecule has 0 aliphatic heterocycles. The molecular weight excluding hydrogens is 308 g/mol. The summed E-state index contributed by atoms with van der Waals surface area (Å²) in [5.41, 5.74) is 0.896. The first-order chi connectivity index (χ1) is 7.17. The molecule has 0 spiro atoms. The van der Waals surface area contributed by atoms with Crippen molar-refractivity contribution in [3.63, 3.8) is 0 Å². The van der Waals surface area contributed by atoms with Crippen LogP contribution in [0.25, 0.3) is 0 Å². The third-order valence-corrected chi connectivity index (χ3v) is 3.45. The van der Waals surface area contributed by atoms with Crippen LogP contribution in [0.3, 0.4) is 0 Å². The van der Waals surface area contributed by atoms with Crippen LogP contribution in [0.4, 0.5) is 4.39 Å². The normalized spacial score (nSPS) is 24.7. The Morgan fingerprint density at radius 3 is 2.73 bits per heavy atom. The van der Waals surface area contributed by atoms with E-state index in [1.54, 1.807) is 0 Å². The highest BCUT2D eigenvalue weighted by atomic mass is 127. The van der Waals surface area contributed by atoms with Crippen LogP contribution in [0.15, 0.2) is 18.2 Å². The van der Waals surface area contributed by atoms with Gasteiger partial charge in [-0.05, 0) is 24.6 Å². The molecule has 4 heteroatoms. The van der Waals surface area contributed by atoms with Gasteiger partial charge in [0.2, 0.25) is 0 Å². The number of hydrogen-bond donors (Lipinski definition) is 1. The van der Waals surface area contributed by atoms with Crippen LogP contribution in [-0.2, 0) is 0 Å². The van der Waals surface area contributed by atoms with E-state index in [1.165, 1.54) is 12.1 Å². The van der Waals surface area contributed by atoms with Gasteiger partial charge in [0.05, 0.1) is 0 Å². The van der Waals surface area contributed by atoms with Gasteiger partial charge >= 0.3 is 0 Å². The molecule has 1 fully saturated rings. The predicted molar refractivity (Wildman–Crippen MR) is 65.7 cm³/mol. The summed E-state index contributed by atoms with van der Waals surface area (Å²) in [6.07, 6.45) is 2.23. The van der Waals surface area contributed by atoms with Gasteiger partial charge in [-0.2, -0.15) is 0 Å². The summed E-state index contributed by atoms with van der Waals surface area (Å²) in [6, 6.07) is 5.36. The third kappa shape index (κ3) is 2.81. The van der Waals surface area contributed by atoms with Gasteiger partial charge in [0.15, 0.2) is 0 Å². The van der Waals surface area contributed by atoms with Gasteiger partial charge in [-0.1, -0.05) is 0 Å². The topological polar surface area (TPSA) is 21.3 Å². The molecule has 82 valence electrons. The van der Waals surface area contributed by atoms with Crippen LogP contribution in [0, 0.1) is 12.7 Å². The van der Waals surface area contributed by atoms with Crippen molar-refractivity contribution < 1.29 is 9.13 Å². The highest BCUT2D eigenvalue weighted by Gasteiger charge is 2.29. The highest BCUT2D eigenvalue weighted by Crippen LogP contribution is 2.27. The summed E-state index contributed by atoms with van der Waals surface area (Å²) in [7, 11) is 0. The fourth-order valence-corrected chi connectivity index (χ4v) is 2.22. The largest absolute Gasteiger partial charge is 0.490 e. The molecule has 1 saturated carbocycles. The Hall–Kier alpha value is -0.360. The van der Waals surface area contributed by atoms with E-state index in [4.69, 9.17) is 4.74 Å². The molecule has 0 heterocycles. The Kier molecular flexibility index (Phi) is 3.45. The lowest BCUT2D eigenvalue weighted by molar-refractivity contribution is 0.0970. The Labute approximate surface area is 103 Å². The first-order valence-electron chi connectivity index (χ1n) is 4.97. The fourth-order valence-electron chi connectivity index (χ4n) is 1.71. The van der Waals surface area contributed by atoms with Crippen molar-refractivity contribution in [3.8, 4) is 5.75 Å². The molecule has 0 aromatic heterocycles. The molecule has 1 aromatic carbocycles. The monoisotopic (exact) mass is 321 g/mol. The zero-order valence-corrected chi connectivity index (χ0v) is 10.6.